The van der Waals surface area contributed by atoms with Crippen molar-refractivity contribution in [1.82, 2.24) is 10.6 Å². The minimum atomic E-state index is -1.01. The van der Waals surface area contributed by atoms with Crippen molar-refractivity contribution in [2.45, 2.75) is 13.0 Å². The first-order valence-electron chi connectivity index (χ1n) is 5.73. The van der Waals surface area contributed by atoms with Gasteiger partial charge in [-0.15, -0.1) is 0 Å². The molecule has 1 atom stereocenters. The highest BCUT2D eigenvalue weighted by Gasteiger charge is 2.19. The summed E-state index contributed by atoms with van der Waals surface area (Å²) < 4.78 is 5.32. The van der Waals surface area contributed by atoms with Crippen molar-refractivity contribution in [3.63, 3.8) is 0 Å². The number of ether oxygens (including phenoxy) is 1. The Kier molecular flexibility index (Phi) is 4.90. The Morgan fingerprint density at radius 2 is 1.95 bits per heavy atom. The molecule has 0 aliphatic carbocycles. The first kappa shape index (κ1) is 15.3. The predicted octanol–water partition coefficient (Wildman–Crippen LogP) is -0.409. The highest BCUT2D eigenvalue weighted by molar-refractivity contribution is 5.98. The summed E-state index contributed by atoms with van der Waals surface area (Å²) in [6.45, 7) is 1.42. The molecular weight excluding hydrogens is 264 g/mol. The van der Waals surface area contributed by atoms with Gasteiger partial charge in [-0.3, -0.25) is 14.9 Å². The third kappa shape index (κ3) is 3.87. The number of nitrogens with one attached hydrogen (secondary N) is 2. The fourth-order valence-corrected chi connectivity index (χ4v) is 1.36. The lowest BCUT2D eigenvalue weighted by atomic mass is 10.1. The molecule has 20 heavy (non-hydrogen) atoms. The van der Waals surface area contributed by atoms with E-state index in [0.717, 1.165) is 0 Å². The predicted molar refractivity (Wildman–Crippen MR) is 72.1 cm³/mol. The highest BCUT2D eigenvalue weighted by Crippen LogP contribution is 2.22. The van der Waals surface area contributed by atoms with Crippen LogP contribution in [0.15, 0.2) is 18.2 Å². The van der Waals surface area contributed by atoms with E-state index in [9.17, 15) is 14.4 Å². The number of anilines is 1. The lowest BCUT2D eigenvalue weighted by Crippen LogP contribution is -2.44. The number of nitrogen functional groups attached to an aromatic ring is 1. The van der Waals surface area contributed by atoms with Gasteiger partial charge in [0, 0.05) is 18.8 Å². The average Bonchev–Trinajstić information content (AvgIpc) is 2.38. The molecule has 0 bridgehead atoms. The van der Waals surface area contributed by atoms with Crippen molar-refractivity contribution in [2.24, 2.45) is 5.73 Å². The number of nitrogens with two attached hydrogens (primary N) is 2. The van der Waals surface area contributed by atoms with E-state index in [4.69, 9.17) is 16.2 Å². The number of rotatable bonds is 4. The van der Waals surface area contributed by atoms with Crippen molar-refractivity contribution < 1.29 is 19.1 Å². The summed E-state index contributed by atoms with van der Waals surface area (Å²) in [4.78, 5) is 33.9. The minimum absolute atomic E-state index is 0.0806. The molecule has 6 N–H and O–H groups in total. The quantitative estimate of drug-likeness (QED) is 0.556. The van der Waals surface area contributed by atoms with Gasteiger partial charge in [-0.2, -0.15) is 0 Å². The molecule has 108 valence electrons. The third-order valence-corrected chi connectivity index (χ3v) is 2.41. The SMILES string of the molecule is CNC(=O)NC(=O)C(C)Oc1cc(N)ccc1C(N)=O. The molecule has 1 aromatic carbocycles. The second-order valence-electron chi connectivity index (χ2n) is 3.95. The van der Waals surface area contributed by atoms with Crippen molar-refractivity contribution in [1.29, 1.82) is 0 Å². The molecule has 0 spiro atoms. The standard InChI is InChI=1S/C12H16N4O4/c1-6(11(18)16-12(19)15-2)20-9-5-7(13)3-4-8(9)10(14)17/h3-6H,13H2,1-2H3,(H2,14,17)(H2,15,16,18,19). The first-order chi connectivity index (χ1) is 9.35. The van der Waals surface area contributed by atoms with Crippen LogP contribution >= 0.6 is 0 Å². The normalized spacial score (nSPS) is 11.3. The average molecular weight is 280 g/mol. The number of amides is 4. The van der Waals surface area contributed by atoms with E-state index in [-0.39, 0.29) is 11.3 Å². The number of urea groups is 1. The Labute approximate surface area is 115 Å². The molecule has 0 saturated carbocycles. The van der Waals surface area contributed by atoms with Gasteiger partial charge in [0.15, 0.2) is 6.10 Å². The van der Waals surface area contributed by atoms with Gasteiger partial charge in [-0.1, -0.05) is 0 Å². The second kappa shape index (κ2) is 6.41. The van der Waals surface area contributed by atoms with Crippen LogP contribution in [0.3, 0.4) is 0 Å². The number of imide groups is 1. The van der Waals surface area contributed by atoms with Gasteiger partial charge >= 0.3 is 6.03 Å². The van der Waals surface area contributed by atoms with Gasteiger partial charge in [0.05, 0.1) is 5.56 Å². The summed E-state index contributed by atoms with van der Waals surface area (Å²) in [6.07, 6.45) is -1.01. The van der Waals surface area contributed by atoms with E-state index in [0.29, 0.717) is 5.69 Å². The summed E-state index contributed by atoms with van der Waals surface area (Å²) in [5, 5.41) is 4.28. The molecule has 0 aromatic heterocycles. The number of primary amides is 1. The maximum Gasteiger partial charge on any atom is 0.321 e. The van der Waals surface area contributed by atoms with Crippen molar-refractivity contribution in [3.05, 3.63) is 23.8 Å². The van der Waals surface area contributed by atoms with E-state index in [1.807, 2.05) is 0 Å². The Morgan fingerprint density at radius 3 is 2.50 bits per heavy atom. The zero-order valence-corrected chi connectivity index (χ0v) is 11.1. The van der Waals surface area contributed by atoms with Crippen LogP contribution in [0, 0.1) is 0 Å². The van der Waals surface area contributed by atoms with Crippen LogP contribution in [0.5, 0.6) is 5.75 Å². The zero-order valence-electron chi connectivity index (χ0n) is 11.1. The molecule has 8 nitrogen and oxygen atoms in total. The Morgan fingerprint density at radius 1 is 1.30 bits per heavy atom. The molecule has 4 amide bonds. The number of carbonyl (C=O) groups is 3. The van der Waals surface area contributed by atoms with E-state index >= 15 is 0 Å². The Hall–Kier alpha value is -2.77. The smallest absolute Gasteiger partial charge is 0.321 e. The molecular formula is C12H16N4O4. The zero-order chi connectivity index (χ0) is 15.3. The molecule has 0 fully saturated rings. The Bertz CT molecular complexity index is 544. The molecule has 8 heteroatoms. The van der Waals surface area contributed by atoms with Gasteiger partial charge < -0.3 is 21.5 Å². The molecule has 0 heterocycles. The second-order valence-corrected chi connectivity index (χ2v) is 3.95. The number of hydrogen-bond donors (Lipinski definition) is 4. The third-order valence-electron chi connectivity index (χ3n) is 2.41. The van der Waals surface area contributed by atoms with E-state index in [2.05, 4.69) is 10.6 Å². The summed E-state index contributed by atoms with van der Waals surface area (Å²) in [7, 11) is 1.37. The lowest BCUT2D eigenvalue weighted by Gasteiger charge is -2.16. The summed E-state index contributed by atoms with van der Waals surface area (Å²) >= 11 is 0. The van der Waals surface area contributed by atoms with E-state index < -0.39 is 23.9 Å². The van der Waals surface area contributed by atoms with Crippen LogP contribution < -0.4 is 26.8 Å². The fraction of sp³-hybridized carbons (Fsp3) is 0.250. The van der Waals surface area contributed by atoms with Gasteiger partial charge in [0.25, 0.3) is 11.8 Å². The molecule has 1 unspecified atom stereocenters. The van der Waals surface area contributed by atoms with Crippen LogP contribution in [-0.4, -0.2) is 31.0 Å². The van der Waals surface area contributed by atoms with Gasteiger partial charge in [-0.05, 0) is 19.1 Å². The van der Waals surface area contributed by atoms with Gasteiger partial charge in [-0.25, -0.2) is 4.79 Å². The van der Waals surface area contributed by atoms with Crippen LogP contribution in [0.2, 0.25) is 0 Å². The highest BCUT2D eigenvalue weighted by atomic mass is 16.5. The largest absolute Gasteiger partial charge is 0.480 e. The molecule has 0 saturated heterocycles. The van der Waals surface area contributed by atoms with Crippen molar-refractivity contribution in [2.75, 3.05) is 12.8 Å². The topological polar surface area (TPSA) is 137 Å². The van der Waals surface area contributed by atoms with E-state index in [1.54, 1.807) is 0 Å². The number of hydrogen-bond acceptors (Lipinski definition) is 5. The monoisotopic (exact) mass is 280 g/mol. The van der Waals surface area contributed by atoms with Crippen molar-refractivity contribution in [3.8, 4) is 5.75 Å². The molecule has 0 aliphatic heterocycles. The molecule has 0 aliphatic rings. The fourth-order valence-electron chi connectivity index (χ4n) is 1.36. The minimum Gasteiger partial charge on any atom is -0.480 e. The van der Waals surface area contributed by atoms with Crippen molar-refractivity contribution >= 4 is 23.5 Å². The molecule has 1 aromatic rings. The summed E-state index contributed by atoms with van der Waals surface area (Å²) in [5.41, 5.74) is 11.2. The van der Waals surface area contributed by atoms with Gasteiger partial charge in [0.1, 0.15) is 5.75 Å². The van der Waals surface area contributed by atoms with Crippen LogP contribution in [0.25, 0.3) is 0 Å². The van der Waals surface area contributed by atoms with Crippen LogP contribution in [0.4, 0.5) is 10.5 Å². The summed E-state index contributed by atoms with van der Waals surface area (Å²) in [6, 6.07) is 3.61. The number of benzene rings is 1. The maximum absolute atomic E-state index is 11.6. The van der Waals surface area contributed by atoms with Crippen LogP contribution in [-0.2, 0) is 4.79 Å². The van der Waals surface area contributed by atoms with Gasteiger partial charge in [0.2, 0.25) is 0 Å². The summed E-state index contributed by atoms with van der Waals surface area (Å²) in [5.74, 6) is -1.29. The first-order valence-corrected chi connectivity index (χ1v) is 5.73. The molecule has 0 radical (unpaired) electrons. The maximum atomic E-state index is 11.6. The lowest BCUT2D eigenvalue weighted by molar-refractivity contribution is -0.126. The van der Waals surface area contributed by atoms with E-state index in [1.165, 1.54) is 32.2 Å². The van der Waals surface area contributed by atoms with Crippen LogP contribution in [0.1, 0.15) is 17.3 Å². The number of carbonyl (C=O) groups excluding carboxylic acids is 3. The Balaban J connectivity index is 2.87. The molecule has 1 rings (SSSR count).